The summed E-state index contributed by atoms with van der Waals surface area (Å²) in [6.45, 7) is 4.42. The average molecular weight is 372 g/mol. The van der Waals surface area contributed by atoms with Crippen LogP contribution in [0.15, 0.2) is 59.5 Å². The lowest BCUT2D eigenvalue weighted by Crippen LogP contribution is -2.52. The molecule has 0 spiro atoms. The maximum Gasteiger partial charge on any atom is 0.241 e. The summed E-state index contributed by atoms with van der Waals surface area (Å²) in [5.74, 6) is -0.271. The third-order valence-electron chi connectivity index (χ3n) is 5.15. The number of rotatable bonds is 5. The van der Waals surface area contributed by atoms with E-state index in [-0.39, 0.29) is 16.8 Å². The summed E-state index contributed by atoms with van der Waals surface area (Å²) in [5.41, 5.74) is 2.02. The number of carbonyl (C=O) groups is 1. The zero-order valence-corrected chi connectivity index (χ0v) is 16.1. The van der Waals surface area contributed by atoms with E-state index in [2.05, 4.69) is 0 Å². The normalized spacial score (nSPS) is 21.0. The summed E-state index contributed by atoms with van der Waals surface area (Å²) in [6.07, 6.45) is 1.93. The minimum atomic E-state index is -3.68. The summed E-state index contributed by atoms with van der Waals surface area (Å²) in [6, 6.07) is 16.6. The van der Waals surface area contributed by atoms with Crippen LogP contribution in [0.25, 0.3) is 0 Å². The second-order valence-electron chi connectivity index (χ2n) is 6.94. The number of aryl methyl sites for hydroxylation is 1. The molecule has 1 aliphatic rings. The topological polar surface area (TPSA) is 54.5 Å². The lowest BCUT2D eigenvalue weighted by molar-refractivity contribution is -0.136. The molecule has 1 saturated heterocycles. The number of nitrogens with zero attached hydrogens (tertiary/aromatic N) is 1. The molecule has 0 aromatic heterocycles. The molecule has 0 aliphatic carbocycles. The first-order valence-electron chi connectivity index (χ1n) is 9.08. The Kier molecular flexibility index (Phi) is 5.47. The summed E-state index contributed by atoms with van der Waals surface area (Å²) >= 11 is 0. The molecule has 2 atom stereocenters. The van der Waals surface area contributed by atoms with Crippen molar-refractivity contribution in [3.8, 4) is 0 Å². The summed E-state index contributed by atoms with van der Waals surface area (Å²) < 4.78 is 26.1. The SMILES string of the molecule is CCC1CCC(S(=O)(=O)c2ccc(C)cc2)C(=O)N1Cc1ccccc1. The second kappa shape index (κ2) is 7.62. The Hall–Kier alpha value is -2.14. The molecule has 1 heterocycles. The van der Waals surface area contributed by atoms with E-state index in [9.17, 15) is 13.2 Å². The van der Waals surface area contributed by atoms with Crippen LogP contribution in [-0.2, 0) is 21.2 Å². The van der Waals surface area contributed by atoms with E-state index in [1.807, 2.05) is 44.2 Å². The molecule has 138 valence electrons. The Morgan fingerprint density at radius 1 is 1.00 bits per heavy atom. The molecule has 26 heavy (non-hydrogen) atoms. The van der Waals surface area contributed by atoms with Crippen LogP contribution in [0.5, 0.6) is 0 Å². The summed E-state index contributed by atoms with van der Waals surface area (Å²) in [5, 5.41) is -0.989. The molecule has 0 saturated carbocycles. The smallest absolute Gasteiger partial charge is 0.241 e. The quantitative estimate of drug-likeness (QED) is 0.804. The van der Waals surface area contributed by atoms with Crippen LogP contribution < -0.4 is 0 Å². The third-order valence-corrected chi connectivity index (χ3v) is 7.27. The van der Waals surface area contributed by atoms with Crippen LogP contribution in [0.2, 0.25) is 0 Å². The highest BCUT2D eigenvalue weighted by atomic mass is 32.2. The number of carbonyl (C=O) groups excluding carboxylic acids is 1. The highest BCUT2D eigenvalue weighted by Gasteiger charge is 2.42. The van der Waals surface area contributed by atoms with Gasteiger partial charge < -0.3 is 4.90 Å². The molecular formula is C21H25NO3S. The van der Waals surface area contributed by atoms with Gasteiger partial charge in [0, 0.05) is 12.6 Å². The molecule has 1 aliphatic heterocycles. The van der Waals surface area contributed by atoms with Crippen molar-refractivity contribution in [3.05, 3.63) is 65.7 Å². The van der Waals surface area contributed by atoms with E-state index in [1.165, 1.54) is 0 Å². The van der Waals surface area contributed by atoms with Crippen molar-refractivity contribution in [2.75, 3.05) is 0 Å². The summed E-state index contributed by atoms with van der Waals surface area (Å²) in [4.78, 5) is 15.1. The Labute approximate surface area is 155 Å². The molecule has 1 amide bonds. The van der Waals surface area contributed by atoms with Gasteiger partial charge in [0.15, 0.2) is 9.84 Å². The van der Waals surface area contributed by atoms with Crippen molar-refractivity contribution >= 4 is 15.7 Å². The zero-order chi connectivity index (χ0) is 18.7. The number of hydrogen-bond donors (Lipinski definition) is 0. The molecular weight excluding hydrogens is 346 g/mol. The second-order valence-corrected chi connectivity index (χ2v) is 9.07. The van der Waals surface area contributed by atoms with E-state index in [0.717, 1.165) is 17.5 Å². The largest absolute Gasteiger partial charge is 0.334 e. The number of sulfone groups is 1. The predicted molar refractivity (Wildman–Crippen MR) is 102 cm³/mol. The molecule has 1 fully saturated rings. The number of likely N-dealkylation sites (tertiary alicyclic amines) is 1. The van der Waals surface area contributed by atoms with E-state index < -0.39 is 15.1 Å². The van der Waals surface area contributed by atoms with Crippen LogP contribution in [0.1, 0.15) is 37.3 Å². The first-order valence-corrected chi connectivity index (χ1v) is 10.6. The number of hydrogen-bond acceptors (Lipinski definition) is 3. The standard InChI is InChI=1S/C21H25NO3S/c1-3-18-11-14-20(26(24,25)19-12-9-16(2)10-13-19)21(23)22(18)15-17-7-5-4-6-8-17/h4-10,12-13,18,20H,3,11,14-15H2,1-2H3. The third kappa shape index (κ3) is 3.68. The molecule has 0 radical (unpaired) electrons. The Morgan fingerprint density at radius 3 is 2.27 bits per heavy atom. The molecule has 0 bridgehead atoms. The Morgan fingerprint density at radius 2 is 1.65 bits per heavy atom. The molecule has 4 nitrogen and oxygen atoms in total. The molecule has 0 N–H and O–H groups in total. The van der Waals surface area contributed by atoms with Crippen molar-refractivity contribution in [2.45, 2.75) is 55.8 Å². The number of benzene rings is 2. The molecule has 5 heteroatoms. The highest BCUT2D eigenvalue weighted by molar-refractivity contribution is 7.92. The lowest BCUT2D eigenvalue weighted by Gasteiger charge is -2.38. The van der Waals surface area contributed by atoms with Gasteiger partial charge in [-0.15, -0.1) is 0 Å². The van der Waals surface area contributed by atoms with E-state index in [4.69, 9.17) is 0 Å². The summed E-state index contributed by atoms with van der Waals surface area (Å²) in [7, 11) is -3.68. The van der Waals surface area contributed by atoms with E-state index >= 15 is 0 Å². The monoisotopic (exact) mass is 371 g/mol. The van der Waals surface area contributed by atoms with Crippen LogP contribution in [-0.4, -0.2) is 30.5 Å². The minimum absolute atomic E-state index is 0.0900. The van der Waals surface area contributed by atoms with Gasteiger partial charge >= 0.3 is 0 Å². The van der Waals surface area contributed by atoms with Gasteiger partial charge in [0.05, 0.1) is 4.90 Å². The maximum atomic E-state index is 13.1. The van der Waals surface area contributed by atoms with Crippen molar-refractivity contribution in [1.29, 1.82) is 0 Å². The predicted octanol–water partition coefficient (Wildman–Crippen LogP) is 3.74. The van der Waals surface area contributed by atoms with Crippen LogP contribution in [0, 0.1) is 6.92 Å². The fraction of sp³-hybridized carbons (Fsp3) is 0.381. The maximum absolute atomic E-state index is 13.1. The lowest BCUT2D eigenvalue weighted by atomic mass is 9.98. The van der Waals surface area contributed by atoms with Crippen LogP contribution >= 0.6 is 0 Å². The molecule has 2 unspecified atom stereocenters. The van der Waals surface area contributed by atoms with Crippen molar-refractivity contribution in [1.82, 2.24) is 4.90 Å². The number of amides is 1. The van der Waals surface area contributed by atoms with E-state index in [0.29, 0.717) is 19.4 Å². The highest BCUT2D eigenvalue weighted by Crippen LogP contribution is 2.30. The fourth-order valence-corrected chi connectivity index (χ4v) is 5.27. The van der Waals surface area contributed by atoms with Gasteiger partial charge in [-0.1, -0.05) is 55.0 Å². The van der Waals surface area contributed by atoms with Crippen molar-refractivity contribution in [2.24, 2.45) is 0 Å². The van der Waals surface area contributed by atoms with E-state index in [1.54, 1.807) is 29.2 Å². The van der Waals surface area contributed by atoms with Crippen LogP contribution in [0.3, 0.4) is 0 Å². The molecule has 2 aromatic carbocycles. The van der Waals surface area contributed by atoms with Gasteiger partial charge in [-0.25, -0.2) is 8.42 Å². The number of piperidine rings is 1. The molecule has 2 aromatic rings. The van der Waals surface area contributed by atoms with Crippen LogP contribution in [0.4, 0.5) is 0 Å². The first kappa shape index (κ1) is 18.6. The van der Waals surface area contributed by atoms with Crippen molar-refractivity contribution < 1.29 is 13.2 Å². The van der Waals surface area contributed by atoms with Gasteiger partial charge in [0.25, 0.3) is 0 Å². The zero-order valence-electron chi connectivity index (χ0n) is 15.3. The Bertz CT molecular complexity index is 860. The average Bonchev–Trinajstić information content (AvgIpc) is 2.64. The van der Waals surface area contributed by atoms with Gasteiger partial charge in [-0.05, 0) is 43.9 Å². The van der Waals surface area contributed by atoms with Gasteiger partial charge in [0.2, 0.25) is 5.91 Å². The fourth-order valence-electron chi connectivity index (χ4n) is 3.58. The molecule has 3 rings (SSSR count). The van der Waals surface area contributed by atoms with Crippen molar-refractivity contribution in [3.63, 3.8) is 0 Å². The van der Waals surface area contributed by atoms with Gasteiger partial charge in [-0.3, -0.25) is 4.79 Å². The van der Waals surface area contributed by atoms with Gasteiger partial charge in [0.1, 0.15) is 5.25 Å². The Balaban J connectivity index is 1.89. The minimum Gasteiger partial charge on any atom is -0.334 e. The van der Waals surface area contributed by atoms with Gasteiger partial charge in [-0.2, -0.15) is 0 Å². The first-order chi connectivity index (χ1) is 12.4.